The molecular weight excluding hydrogens is 352 g/mol. The van der Waals surface area contributed by atoms with Gasteiger partial charge in [-0.15, -0.1) is 11.3 Å². The maximum atomic E-state index is 12.8. The molecule has 8 heteroatoms. The third-order valence-electron chi connectivity index (χ3n) is 4.41. The molecule has 2 amide bonds. The monoisotopic (exact) mass is 368 g/mol. The van der Waals surface area contributed by atoms with E-state index in [4.69, 9.17) is 4.74 Å². The van der Waals surface area contributed by atoms with E-state index in [1.54, 1.807) is 34.1 Å². The summed E-state index contributed by atoms with van der Waals surface area (Å²) >= 11 is 1.56. The maximum absolute atomic E-state index is 12.8. The molecular formula is C18H16N4O3S. The smallest absolute Gasteiger partial charge is 0.409 e. The molecule has 0 saturated heterocycles. The number of amides is 2. The van der Waals surface area contributed by atoms with Crippen molar-refractivity contribution in [1.82, 2.24) is 14.9 Å². The van der Waals surface area contributed by atoms with Gasteiger partial charge < -0.3 is 15.0 Å². The number of nitrogens with zero attached hydrogens (tertiary/aromatic N) is 3. The fourth-order valence-corrected chi connectivity index (χ4v) is 3.77. The molecule has 0 unspecified atom stereocenters. The number of ether oxygens (including phenoxy) is 1. The molecule has 0 radical (unpaired) electrons. The van der Waals surface area contributed by atoms with Crippen LogP contribution in [0.15, 0.2) is 36.1 Å². The predicted octanol–water partition coefficient (Wildman–Crippen LogP) is 3.07. The van der Waals surface area contributed by atoms with Crippen molar-refractivity contribution in [2.75, 3.05) is 19.0 Å². The van der Waals surface area contributed by atoms with E-state index in [9.17, 15) is 9.59 Å². The Labute approximate surface area is 153 Å². The van der Waals surface area contributed by atoms with Gasteiger partial charge in [-0.3, -0.25) is 9.78 Å². The lowest BCUT2D eigenvalue weighted by molar-refractivity contribution is 0.102. The Kier molecular flexibility index (Phi) is 4.26. The second-order valence-electron chi connectivity index (χ2n) is 5.96. The van der Waals surface area contributed by atoms with Crippen molar-refractivity contribution in [3.63, 3.8) is 0 Å². The molecule has 1 N–H and O–H groups in total. The molecule has 3 heterocycles. The summed E-state index contributed by atoms with van der Waals surface area (Å²) in [6.07, 6.45) is 3.48. The van der Waals surface area contributed by atoms with E-state index in [0.717, 1.165) is 21.3 Å². The lowest BCUT2D eigenvalue weighted by Crippen LogP contribution is -2.36. The summed E-state index contributed by atoms with van der Waals surface area (Å²) in [4.78, 5) is 34.5. The summed E-state index contributed by atoms with van der Waals surface area (Å²) in [6.45, 7) is 0.898. The third kappa shape index (κ3) is 2.99. The second-order valence-corrected chi connectivity index (χ2v) is 6.84. The number of methoxy groups -OCH3 is 1. The van der Waals surface area contributed by atoms with E-state index in [0.29, 0.717) is 30.8 Å². The molecule has 26 heavy (non-hydrogen) atoms. The number of benzene rings is 1. The highest BCUT2D eigenvalue weighted by Gasteiger charge is 2.25. The van der Waals surface area contributed by atoms with Crippen LogP contribution in [0.2, 0.25) is 0 Å². The number of nitrogens with one attached hydrogen (secondary N) is 1. The lowest BCUT2D eigenvalue weighted by Gasteiger charge is -2.28. The molecule has 0 bridgehead atoms. The molecule has 2 aromatic heterocycles. The van der Waals surface area contributed by atoms with E-state index in [2.05, 4.69) is 15.3 Å². The van der Waals surface area contributed by atoms with Crippen LogP contribution in [0.5, 0.6) is 0 Å². The summed E-state index contributed by atoms with van der Waals surface area (Å²) in [5.41, 5.74) is 5.65. The molecule has 132 valence electrons. The number of hydrogen-bond acceptors (Lipinski definition) is 6. The van der Waals surface area contributed by atoms with Gasteiger partial charge in [0.25, 0.3) is 5.91 Å². The quantitative estimate of drug-likeness (QED) is 0.751. The molecule has 0 atom stereocenters. The maximum Gasteiger partial charge on any atom is 0.409 e. The fourth-order valence-electron chi connectivity index (χ4n) is 3.11. The van der Waals surface area contributed by atoms with E-state index in [1.165, 1.54) is 7.11 Å². The van der Waals surface area contributed by atoms with Crippen LogP contribution >= 0.6 is 11.3 Å². The van der Waals surface area contributed by atoms with Crippen LogP contribution in [0.3, 0.4) is 0 Å². The van der Waals surface area contributed by atoms with Gasteiger partial charge in [0.15, 0.2) is 0 Å². The Morgan fingerprint density at radius 3 is 3.04 bits per heavy atom. The molecule has 0 fully saturated rings. The zero-order valence-electron chi connectivity index (χ0n) is 14.1. The Morgan fingerprint density at radius 2 is 2.19 bits per heavy atom. The summed E-state index contributed by atoms with van der Waals surface area (Å²) in [5.74, 6) is -0.213. The van der Waals surface area contributed by atoms with E-state index in [1.807, 2.05) is 18.2 Å². The zero-order valence-corrected chi connectivity index (χ0v) is 14.9. The molecule has 1 aliphatic rings. The summed E-state index contributed by atoms with van der Waals surface area (Å²) in [6, 6.07) is 5.65. The van der Waals surface area contributed by atoms with Crippen LogP contribution in [0.1, 0.15) is 21.5 Å². The first kappa shape index (κ1) is 16.5. The highest BCUT2D eigenvalue weighted by atomic mass is 32.1. The van der Waals surface area contributed by atoms with E-state index in [-0.39, 0.29) is 12.0 Å². The highest BCUT2D eigenvalue weighted by Crippen LogP contribution is 2.25. The second kappa shape index (κ2) is 6.72. The van der Waals surface area contributed by atoms with E-state index >= 15 is 0 Å². The van der Waals surface area contributed by atoms with Gasteiger partial charge in [0.1, 0.15) is 0 Å². The summed E-state index contributed by atoms with van der Waals surface area (Å²) in [5, 5.41) is 2.92. The van der Waals surface area contributed by atoms with Crippen LogP contribution in [0.25, 0.3) is 10.2 Å². The topological polar surface area (TPSA) is 84.4 Å². The van der Waals surface area contributed by atoms with Crippen LogP contribution in [-0.2, 0) is 17.7 Å². The number of thiazole rings is 1. The number of hydrogen-bond donors (Lipinski definition) is 1. The SMILES string of the molecule is COC(=O)N1CCc2c(cncc2C(=O)Nc2ccc3scnc3c2)C1. The third-order valence-corrected chi connectivity index (χ3v) is 5.22. The van der Waals surface area contributed by atoms with E-state index < -0.39 is 0 Å². The van der Waals surface area contributed by atoms with Gasteiger partial charge in [-0.25, -0.2) is 9.78 Å². The summed E-state index contributed by atoms with van der Waals surface area (Å²) in [7, 11) is 1.36. The van der Waals surface area contributed by atoms with Crippen molar-refractivity contribution in [2.45, 2.75) is 13.0 Å². The van der Waals surface area contributed by atoms with Gasteiger partial charge in [-0.2, -0.15) is 0 Å². The Hall–Kier alpha value is -3.00. The molecule has 7 nitrogen and oxygen atoms in total. The average molecular weight is 368 g/mol. The minimum atomic E-state index is -0.373. The average Bonchev–Trinajstić information content (AvgIpc) is 3.14. The van der Waals surface area contributed by atoms with Crippen LogP contribution in [0.4, 0.5) is 10.5 Å². The molecule has 0 aliphatic carbocycles. The van der Waals surface area contributed by atoms with Crippen molar-refractivity contribution < 1.29 is 14.3 Å². The Balaban J connectivity index is 1.58. The minimum Gasteiger partial charge on any atom is -0.453 e. The van der Waals surface area contributed by atoms with Gasteiger partial charge in [0, 0.05) is 24.6 Å². The van der Waals surface area contributed by atoms with Gasteiger partial charge in [-0.05, 0) is 35.7 Å². The first-order valence-electron chi connectivity index (χ1n) is 8.09. The number of carbonyl (C=O) groups excluding carboxylic acids is 2. The fraction of sp³-hybridized carbons (Fsp3) is 0.222. The molecule has 4 rings (SSSR count). The number of rotatable bonds is 2. The van der Waals surface area contributed by atoms with Crippen molar-refractivity contribution in [2.24, 2.45) is 0 Å². The van der Waals surface area contributed by atoms with Gasteiger partial charge in [0.05, 0.1) is 34.9 Å². The van der Waals surface area contributed by atoms with Crippen molar-refractivity contribution in [3.8, 4) is 0 Å². The van der Waals surface area contributed by atoms with Gasteiger partial charge >= 0.3 is 6.09 Å². The number of anilines is 1. The van der Waals surface area contributed by atoms with Gasteiger partial charge in [0.2, 0.25) is 0 Å². The number of fused-ring (bicyclic) bond motifs is 2. The Morgan fingerprint density at radius 1 is 1.31 bits per heavy atom. The molecule has 1 aliphatic heterocycles. The highest BCUT2D eigenvalue weighted by molar-refractivity contribution is 7.16. The van der Waals surface area contributed by atoms with Gasteiger partial charge in [-0.1, -0.05) is 0 Å². The molecule has 3 aromatic rings. The number of pyridine rings is 1. The number of aromatic nitrogens is 2. The first-order chi connectivity index (χ1) is 12.7. The Bertz CT molecular complexity index is 1000. The van der Waals surface area contributed by atoms with Crippen LogP contribution in [0, 0.1) is 0 Å². The van der Waals surface area contributed by atoms with Crippen molar-refractivity contribution in [3.05, 3.63) is 52.8 Å². The normalized spacial score (nSPS) is 13.3. The van der Waals surface area contributed by atoms with Crippen molar-refractivity contribution >= 4 is 39.2 Å². The first-order valence-corrected chi connectivity index (χ1v) is 8.97. The standard InChI is InChI=1S/C18H16N4O3S/c1-25-18(24)22-5-4-13-11(9-22)7-19-8-14(13)17(23)21-12-2-3-16-15(6-12)20-10-26-16/h2-3,6-8,10H,4-5,9H2,1H3,(H,21,23). The predicted molar refractivity (Wildman–Crippen MR) is 98.3 cm³/mol. The molecule has 0 saturated carbocycles. The molecule has 1 aromatic carbocycles. The van der Waals surface area contributed by atoms with Crippen LogP contribution in [-0.4, -0.2) is 40.5 Å². The van der Waals surface area contributed by atoms with Crippen molar-refractivity contribution in [1.29, 1.82) is 0 Å². The minimum absolute atomic E-state index is 0.213. The van der Waals surface area contributed by atoms with Crippen LogP contribution < -0.4 is 5.32 Å². The summed E-state index contributed by atoms with van der Waals surface area (Å²) < 4.78 is 5.85. The largest absolute Gasteiger partial charge is 0.453 e. The molecule has 0 spiro atoms. The lowest BCUT2D eigenvalue weighted by atomic mass is 9.97. The zero-order chi connectivity index (χ0) is 18.1. The number of carbonyl (C=O) groups is 2.